The minimum atomic E-state index is -1.16. The molecule has 250 valence electrons. The molecule has 2 fully saturated rings. The average molecular weight is 651 g/mol. The summed E-state index contributed by atoms with van der Waals surface area (Å²) in [6.07, 6.45) is 2.19. The lowest BCUT2D eigenvalue weighted by Gasteiger charge is -2.35. The number of benzene rings is 1. The minimum Gasteiger partial charge on any atom is -0.481 e. The monoisotopic (exact) mass is 650 g/mol. The molecule has 0 bridgehead atoms. The van der Waals surface area contributed by atoms with Crippen LogP contribution in [-0.2, 0) is 19.1 Å². The summed E-state index contributed by atoms with van der Waals surface area (Å²) in [5.41, 5.74) is 0.479. The number of hydrogen-bond acceptors (Lipinski definition) is 9. The number of rotatable bonds is 12. The molecule has 15 heteroatoms. The molecule has 47 heavy (non-hydrogen) atoms. The minimum absolute atomic E-state index is 0.0915. The van der Waals surface area contributed by atoms with Gasteiger partial charge in [-0.1, -0.05) is 18.2 Å². The first-order chi connectivity index (χ1) is 22.7. The van der Waals surface area contributed by atoms with Gasteiger partial charge in [0.1, 0.15) is 11.8 Å². The summed E-state index contributed by atoms with van der Waals surface area (Å²) in [6, 6.07) is 12.5. The van der Waals surface area contributed by atoms with Gasteiger partial charge in [-0.15, -0.1) is 0 Å². The van der Waals surface area contributed by atoms with Crippen molar-refractivity contribution in [3.8, 4) is 11.6 Å². The summed E-state index contributed by atoms with van der Waals surface area (Å²) < 4.78 is 17.9. The standard InChI is InChI=1S/C32H38N6O9/c1-2-45-32(44)36-17-15-35(16-18-36)31(43)23(12-13-29(40)41)33-30(42)24-20-28(38(34-24)22-8-4-3-5-9-22)47-21-27(39)37-14-6-10-25(37)26-11-7-19-46-26/h3-5,7-9,11,19-20,23,25H,2,6,10,12-18,21H2,1H3,(H,33,42)(H,40,41)/t23-,25?/m0/s1. The number of aromatic nitrogens is 2. The highest BCUT2D eigenvalue weighted by atomic mass is 16.6. The Bertz CT molecular complexity index is 1550. The van der Waals surface area contributed by atoms with Crippen molar-refractivity contribution in [2.45, 2.75) is 44.7 Å². The number of carbonyl (C=O) groups is 5. The van der Waals surface area contributed by atoms with Crippen molar-refractivity contribution in [1.29, 1.82) is 0 Å². The van der Waals surface area contributed by atoms with Gasteiger partial charge in [-0.05, 0) is 50.5 Å². The Morgan fingerprint density at radius 1 is 1.02 bits per heavy atom. The van der Waals surface area contributed by atoms with Gasteiger partial charge in [-0.3, -0.25) is 19.2 Å². The lowest BCUT2D eigenvalue weighted by molar-refractivity contribution is -0.138. The number of carboxylic acid groups (broad SMARTS) is 1. The van der Waals surface area contributed by atoms with Gasteiger partial charge in [-0.25, -0.2) is 9.48 Å². The summed E-state index contributed by atoms with van der Waals surface area (Å²) in [4.78, 5) is 68.3. The highest BCUT2D eigenvalue weighted by molar-refractivity contribution is 5.96. The zero-order chi connectivity index (χ0) is 33.3. The van der Waals surface area contributed by atoms with E-state index in [9.17, 15) is 29.1 Å². The second-order valence-corrected chi connectivity index (χ2v) is 11.1. The molecule has 2 aliphatic heterocycles. The first kappa shape index (κ1) is 33.0. The fourth-order valence-electron chi connectivity index (χ4n) is 5.69. The lowest BCUT2D eigenvalue weighted by Crippen LogP contribution is -2.56. The van der Waals surface area contributed by atoms with Crippen LogP contribution in [0.2, 0.25) is 0 Å². The molecule has 2 atom stereocenters. The Kier molecular flexibility index (Phi) is 10.8. The van der Waals surface area contributed by atoms with E-state index in [4.69, 9.17) is 13.9 Å². The smallest absolute Gasteiger partial charge is 0.409 e. The number of carbonyl (C=O) groups excluding carboxylic acids is 4. The first-order valence-corrected chi connectivity index (χ1v) is 15.6. The van der Waals surface area contributed by atoms with Gasteiger partial charge < -0.3 is 39.0 Å². The van der Waals surface area contributed by atoms with Gasteiger partial charge in [0, 0.05) is 45.2 Å². The summed E-state index contributed by atoms with van der Waals surface area (Å²) in [5, 5.41) is 16.4. The number of amides is 4. The van der Waals surface area contributed by atoms with Crippen LogP contribution in [0.15, 0.2) is 59.2 Å². The molecule has 2 saturated heterocycles. The van der Waals surface area contributed by atoms with Crippen molar-refractivity contribution in [3.05, 3.63) is 66.2 Å². The molecule has 15 nitrogen and oxygen atoms in total. The van der Waals surface area contributed by atoms with Crippen LogP contribution in [0.25, 0.3) is 5.69 Å². The molecule has 0 radical (unpaired) electrons. The Morgan fingerprint density at radius 3 is 2.45 bits per heavy atom. The van der Waals surface area contributed by atoms with Crippen LogP contribution in [0.1, 0.15) is 54.9 Å². The molecule has 1 unspecified atom stereocenters. The molecule has 5 rings (SSSR count). The highest BCUT2D eigenvalue weighted by Crippen LogP contribution is 2.32. The number of hydrogen-bond donors (Lipinski definition) is 2. The molecule has 0 saturated carbocycles. The normalized spacial score (nSPS) is 16.9. The molecule has 2 aliphatic rings. The number of likely N-dealkylation sites (tertiary alicyclic amines) is 1. The predicted molar refractivity (Wildman–Crippen MR) is 165 cm³/mol. The number of carboxylic acids is 1. The maximum absolute atomic E-state index is 13.5. The maximum atomic E-state index is 13.5. The summed E-state index contributed by atoms with van der Waals surface area (Å²) in [5.74, 6) is -1.72. The van der Waals surface area contributed by atoms with Gasteiger partial charge in [-0.2, -0.15) is 5.10 Å². The second-order valence-electron chi connectivity index (χ2n) is 11.1. The SMILES string of the molecule is CCOC(=O)N1CCN(C(=O)[C@H](CCC(=O)O)NC(=O)c2cc(OCC(=O)N3CCCC3c3ccco3)n(-c3ccccc3)n2)CC1. The quantitative estimate of drug-likeness (QED) is 0.296. The van der Waals surface area contributed by atoms with Crippen molar-refractivity contribution in [3.63, 3.8) is 0 Å². The van der Waals surface area contributed by atoms with Crippen LogP contribution in [-0.4, -0.2) is 111 Å². The third kappa shape index (κ3) is 8.09. The molecule has 2 aromatic heterocycles. The fourth-order valence-corrected chi connectivity index (χ4v) is 5.69. The van der Waals surface area contributed by atoms with Gasteiger partial charge in [0.15, 0.2) is 12.3 Å². The number of nitrogens with one attached hydrogen (secondary N) is 1. The zero-order valence-corrected chi connectivity index (χ0v) is 26.1. The molecular formula is C32H38N6O9. The van der Waals surface area contributed by atoms with Crippen LogP contribution >= 0.6 is 0 Å². The number of nitrogens with zero attached hydrogens (tertiary/aromatic N) is 5. The van der Waals surface area contributed by atoms with Gasteiger partial charge >= 0.3 is 12.1 Å². The number of furan rings is 1. The number of piperazine rings is 1. The van der Waals surface area contributed by atoms with E-state index < -0.39 is 29.9 Å². The molecule has 3 aromatic rings. The third-order valence-corrected chi connectivity index (χ3v) is 8.07. The van der Waals surface area contributed by atoms with Gasteiger partial charge in [0.05, 0.1) is 24.6 Å². The Morgan fingerprint density at radius 2 is 1.77 bits per heavy atom. The van der Waals surface area contributed by atoms with Crippen LogP contribution in [0.5, 0.6) is 5.88 Å². The van der Waals surface area contributed by atoms with Gasteiger partial charge in [0.25, 0.3) is 11.8 Å². The van der Waals surface area contributed by atoms with E-state index in [-0.39, 0.29) is 75.8 Å². The van der Waals surface area contributed by atoms with Crippen molar-refractivity contribution >= 4 is 29.8 Å². The van der Waals surface area contributed by atoms with Crippen molar-refractivity contribution < 1.29 is 43.0 Å². The largest absolute Gasteiger partial charge is 0.481 e. The van der Waals surface area contributed by atoms with E-state index in [0.717, 1.165) is 12.8 Å². The van der Waals surface area contributed by atoms with E-state index >= 15 is 0 Å². The predicted octanol–water partition coefficient (Wildman–Crippen LogP) is 2.47. The van der Waals surface area contributed by atoms with Crippen LogP contribution in [0, 0.1) is 0 Å². The fraction of sp³-hybridized carbons (Fsp3) is 0.438. The van der Waals surface area contributed by atoms with Crippen molar-refractivity contribution in [2.75, 3.05) is 45.9 Å². The van der Waals surface area contributed by atoms with E-state index in [1.54, 1.807) is 48.4 Å². The molecule has 4 heterocycles. The van der Waals surface area contributed by atoms with Crippen molar-refractivity contribution in [1.82, 2.24) is 29.8 Å². The van der Waals surface area contributed by atoms with E-state index in [1.165, 1.54) is 20.5 Å². The molecule has 0 spiro atoms. The van der Waals surface area contributed by atoms with Crippen LogP contribution in [0.4, 0.5) is 4.79 Å². The molecule has 1 aromatic carbocycles. The van der Waals surface area contributed by atoms with E-state index in [0.29, 0.717) is 18.0 Å². The number of aliphatic carboxylic acids is 1. The van der Waals surface area contributed by atoms with Crippen LogP contribution in [0.3, 0.4) is 0 Å². The van der Waals surface area contributed by atoms with Crippen LogP contribution < -0.4 is 10.1 Å². The average Bonchev–Trinajstić information content (AvgIpc) is 3.87. The molecule has 2 N–H and O–H groups in total. The highest BCUT2D eigenvalue weighted by Gasteiger charge is 2.33. The summed E-state index contributed by atoms with van der Waals surface area (Å²) in [7, 11) is 0. The Labute approximate surface area is 271 Å². The first-order valence-electron chi connectivity index (χ1n) is 15.6. The number of para-hydroxylation sites is 1. The molecule has 4 amide bonds. The molecular weight excluding hydrogens is 612 g/mol. The second kappa shape index (κ2) is 15.3. The lowest BCUT2D eigenvalue weighted by atomic mass is 10.1. The molecule has 0 aliphatic carbocycles. The number of ether oxygens (including phenoxy) is 2. The summed E-state index contributed by atoms with van der Waals surface area (Å²) in [6.45, 7) is 3.06. The third-order valence-electron chi connectivity index (χ3n) is 8.07. The Balaban J connectivity index is 1.29. The maximum Gasteiger partial charge on any atom is 0.409 e. The topological polar surface area (TPSA) is 177 Å². The van der Waals surface area contributed by atoms with Gasteiger partial charge in [0.2, 0.25) is 11.8 Å². The van der Waals surface area contributed by atoms with Crippen molar-refractivity contribution in [2.24, 2.45) is 0 Å². The Hall–Kier alpha value is -5.34. The van der Waals surface area contributed by atoms with E-state index in [2.05, 4.69) is 10.4 Å². The summed E-state index contributed by atoms with van der Waals surface area (Å²) >= 11 is 0. The zero-order valence-electron chi connectivity index (χ0n) is 26.1. The van der Waals surface area contributed by atoms with E-state index in [1.807, 2.05) is 12.1 Å².